The van der Waals surface area contributed by atoms with Crippen molar-refractivity contribution in [1.29, 1.82) is 0 Å². The fourth-order valence-electron chi connectivity index (χ4n) is 2.61. The third-order valence-electron chi connectivity index (χ3n) is 3.74. The Morgan fingerprint density at radius 1 is 1.39 bits per heavy atom. The van der Waals surface area contributed by atoms with Gasteiger partial charge in [-0.2, -0.15) is 4.52 Å². The molecule has 0 aliphatic rings. The van der Waals surface area contributed by atoms with E-state index < -0.39 is 0 Å². The molecular weight excluding hydrogens is 290 g/mol. The monoisotopic (exact) mass is 307 g/mol. The van der Waals surface area contributed by atoms with E-state index in [-0.39, 0.29) is 11.5 Å². The maximum Gasteiger partial charge on any atom is 0.278 e. The number of benzene rings is 1. The molecule has 0 saturated heterocycles. The van der Waals surface area contributed by atoms with E-state index in [0.29, 0.717) is 22.7 Å². The van der Waals surface area contributed by atoms with E-state index in [9.17, 15) is 4.79 Å². The molecule has 3 rings (SSSR count). The highest BCUT2D eigenvalue weighted by Crippen LogP contribution is 2.30. The van der Waals surface area contributed by atoms with Gasteiger partial charge in [-0.3, -0.25) is 14.9 Å². The molecule has 0 atom stereocenters. The quantitative estimate of drug-likeness (QED) is 0.752. The molecule has 0 radical (unpaired) electrons. The second-order valence-electron chi connectivity index (χ2n) is 5.49. The molecule has 2 aromatic heterocycles. The van der Waals surface area contributed by atoms with Crippen LogP contribution in [0.4, 0.5) is 5.69 Å². The number of hydrogen-bond donors (Lipinski definition) is 1. The molecular formula is C17H17N5O. The van der Waals surface area contributed by atoms with E-state index in [1.165, 1.54) is 10.8 Å². The molecule has 0 amide bonds. The molecule has 2 heterocycles. The summed E-state index contributed by atoms with van der Waals surface area (Å²) in [6, 6.07) is 5.66. The van der Waals surface area contributed by atoms with Crippen LogP contribution in [0.25, 0.3) is 23.1 Å². The number of nitrogens with one attached hydrogen (secondary N) is 1. The Morgan fingerprint density at radius 2 is 2.17 bits per heavy atom. The standard InChI is InChI=1S/C17H17N5O/c1-5-11-6-7-12(8-13(11)18-4)15-14(10(2)3)16(23)22-17(21-15)19-9-20-22/h5-10H,1,4H2,2-3H3,(H,19,20,21). The molecule has 6 nitrogen and oxygen atoms in total. The first-order valence-electron chi connectivity index (χ1n) is 7.26. The lowest BCUT2D eigenvalue weighted by atomic mass is 9.97. The van der Waals surface area contributed by atoms with Crippen molar-refractivity contribution < 1.29 is 0 Å². The summed E-state index contributed by atoms with van der Waals surface area (Å²) in [6.07, 6.45) is 3.17. The van der Waals surface area contributed by atoms with Crippen LogP contribution in [0, 0.1) is 0 Å². The van der Waals surface area contributed by atoms with Gasteiger partial charge in [0.05, 0.1) is 11.4 Å². The fraction of sp³-hybridized carbons (Fsp3) is 0.176. The number of aromatic nitrogens is 4. The summed E-state index contributed by atoms with van der Waals surface area (Å²) in [5.41, 5.74) is 3.51. The predicted molar refractivity (Wildman–Crippen MR) is 92.4 cm³/mol. The number of aliphatic imine (C=N–C) groups is 1. The van der Waals surface area contributed by atoms with Gasteiger partial charge in [0.15, 0.2) is 0 Å². The Kier molecular flexibility index (Phi) is 3.65. The Bertz CT molecular complexity index is 965. The van der Waals surface area contributed by atoms with Gasteiger partial charge in [-0.05, 0) is 24.3 Å². The summed E-state index contributed by atoms with van der Waals surface area (Å²) < 4.78 is 1.35. The molecule has 1 aromatic carbocycles. The highest BCUT2D eigenvalue weighted by molar-refractivity contribution is 5.74. The third kappa shape index (κ3) is 2.38. The summed E-state index contributed by atoms with van der Waals surface area (Å²) >= 11 is 0. The van der Waals surface area contributed by atoms with Crippen molar-refractivity contribution in [2.24, 2.45) is 4.99 Å². The van der Waals surface area contributed by atoms with E-state index >= 15 is 0 Å². The molecule has 23 heavy (non-hydrogen) atoms. The van der Waals surface area contributed by atoms with Gasteiger partial charge in [0.25, 0.3) is 11.3 Å². The minimum Gasteiger partial charge on any atom is -0.278 e. The Morgan fingerprint density at radius 3 is 2.83 bits per heavy atom. The fourth-order valence-corrected chi connectivity index (χ4v) is 2.61. The van der Waals surface area contributed by atoms with Gasteiger partial charge >= 0.3 is 0 Å². The minimum absolute atomic E-state index is 0.0180. The van der Waals surface area contributed by atoms with Crippen molar-refractivity contribution in [2.75, 3.05) is 0 Å². The van der Waals surface area contributed by atoms with Crippen LogP contribution in [0.1, 0.15) is 30.9 Å². The largest absolute Gasteiger partial charge is 0.278 e. The molecule has 0 unspecified atom stereocenters. The molecule has 1 N–H and O–H groups in total. The smallest absolute Gasteiger partial charge is 0.278 e. The van der Waals surface area contributed by atoms with Crippen LogP contribution in [-0.4, -0.2) is 26.3 Å². The molecule has 6 heteroatoms. The Hall–Kier alpha value is -3.02. The molecule has 0 bridgehead atoms. The van der Waals surface area contributed by atoms with E-state index in [2.05, 4.69) is 33.4 Å². The van der Waals surface area contributed by atoms with Crippen LogP contribution in [0.2, 0.25) is 0 Å². The second kappa shape index (κ2) is 5.64. The molecule has 0 saturated carbocycles. The predicted octanol–water partition coefficient (Wildman–Crippen LogP) is 3.18. The van der Waals surface area contributed by atoms with E-state index in [1.54, 1.807) is 6.08 Å². The van der Waals surface area contributed by atoms with Crippen LogP contribution in [0.3, 0.4) is 0 Å². The van der Waals surface area contributed by atoms with Gasteiger partial charge in [-0.25, -0.2) is 9.97 Å². The van der Waals surface area contributed by atoms with E-state index in [4.69, 9.17) is 0 Å². The second-order valence-corrected chi connectivity index (χ2v) is 5.49. The lowest BCUT2D eigenvalue weighted by Gasteiger charge is -2.12. The topological polar surface area (TPSA) is 75.4 Å². The van der Waals surface area contributed by atoms with Gasteiger partial charge in [0.1, 0.15) is 6.33 Å². The van der Waals surface area contributed by atoms with Gasteiger partial charge in [-0.15, -0.1) is 0 Å². The maximum atomic E-state index is 12.7. The molecule has 0 aliphatic carbocycles. The van der Waals surface area contributed by atoms with Crippen LogP contribution in [0.15, 0.2) is 40.9 Å². The highest BCUT2D eigenvalue weighted by Gasteiger charge is 2.19. The van der Waals surface area contributed by atoms with Crippen molar-refractivity contribution in [2.45, 2.75) is 19.8 Å². The van der Waals surface area contributed by atoms with E-state index in [1.807, 2.05) is 32.0 Å². The van der Waals surface area contributed by atoms with E-state index in [0.717, 1.165) is 11.1 Å². The zero-order valence-electron chi connectivity index (χ0n) is 13.1. The minimum atomic E-state index is -0.140. The van der Waals surface area contributed by atoms with Crippen molar-refractivity contribution in [3.05, 3.63) is 52.6 Å². The van der Waals surface area contributed by atoms with Crippen LogP contribution in [-0.2, 0) is 0 Å². The molecule has 0 aliphatic heterocycles. The molecule has 116 valence electrons. The summed E-state index contributed by atoms with van der Waals surface area (Å²) in [7, 11) is 0. The third-order valence-corrected chi connectivity index (χ3v) is 3.74. The normalized spacial score (nSPS) is 11.1. The summed E-state index contributed by atoms with van der Waals surface area (Å²) in [5, 5.41) is 2.79. The summed E-state index contributed by atoms with van der Waals surface area (Å²) in [5.74, 6) is 0.361. The first kappa shape index (κ1) is 14.9. The zero-order valence-corrected chi connectivity index (χ0v) is 13.1. The van der Waals surface area contributed by atoms with Crippen molar-refractivity contribution in [3.8, 4) is 11.3 Å². The first-order chi connectivity index (χ1) is 11.1. The molecule has 0 spiro atoms. The van der Waals surface area contributed by atoms with Crippen LogP contribution >= 0.6 is 0 Å². The Balaban J connectivity index is 2.35. The molecule has 0 fully saturated rings. The number of nitrogens with zero attached hydrogens (tertiary/aromatic N) is 4. The number of hydrogen-bond acceptors (Lipinski definition) is 4. The van der Waals surface area contributed by atoms with Gasteiger partial charge in [0, 0.05) is 11.1 Å². The van der Waals surface area contributed by atoms with Crippen molar-refractivity contribution >= 4 is 24.3 Å². The number of fused-ring (bicyclic) bond motifs is 1. The van der Waals surface area contributed by atoms with Crippen LogP contribution < -0.4 is 5.56 Å². The number of rotatable bonds is 4. The first-order valence-corrected chi connectivity index (χ1v) is 7.26. The zero-order chi connectivity index (χ0) is 16.6. The van der Waals surface area contributed by atoms with Gasteiger partial charge in [-0.1, -0.05) is 38.6 Å². The highest BCUT2D eigenvalue weighted by atomic mass is 16.1. The summed E-state index contributed by atoms with van der Waals surface area (Å²) in [4.78, 5) is 25.4. The average molecular weight is 307 g/mol. The lowest BCUT2D eigenvalue weighted by molar-refractivity contribution is 0.797. The summed E-state index contributed by atoms with van der Waals surface area (Å²) in [6.45, 7) is 11.3. The van der Waals surface area contributed by atoms with Gasteiger partial charge < -0.3 is 0 Å². The van der Waals surface area contributed by atoms with Crippen LogP contribution in [0.5, 0.6) is 0 Å². The average Bonchev–Trinajstić information content (AvgIpc) is 3.02. The number of H-pyrrole nitrogens is 1. The lowest BCUT2D eigenvalue weighted by Crippen LogP contribution is -2.22. The Labute approximate surface area is 133 Å². The van der Waals surface area contributed by atoms with Crippen molar-refractivity contribution in [1.82, 2.24) is 19.6 Å². The SMILES string of the molecule is C=Cc1ccc(-c2nc3nc[nH]n3c(=O)c2C(C)C)cc1N=C. The molecule has 3 aromatic rings. The number of aromatic amines is 1. The van der Waals surface area contributed by atoms with Crippen molar-refractivity contribution in [3.63, 3.8) is 0 Å². The van der Waals surface area contributed by atoms with Gasteiger partial charge in [0.2, 0.25) is 0 Å². The maximum absolute atomic E-state index is 12.7.